The lowest BCUT2D eigenvalue weighted by Gasteiger charge is -2.44. The van der Waals surface area contributed by atoms with E-state index in [1.54, 1.807) is 69.4 Å². The van der Waals surface area contributed by atoms with E-state index in [4.69, 9.17) is 21.6 Å². The van der Waals surface area contributed by atoms with Gasteiger partial charge in [-0.2, -0.15) is 5.26 Å². The van der Waals surface area contributed by atoms with Crippen molar-refractivity contribution in [2.45, 2.75) is 38.3 Å². The van der Waals surface area contributed by atoms with E-state index in [-0.39, 0.29) is 11.1 Å². The molecule has 3 aromatic carbocycles. The molecule has 2 heterocycles. The fourth-order valence-corrected chi connectivity index (χ4v) is 5.31. The number of benzene rings is 3. The molecule has 2 atom stereocenters. The average Bonchev–Trinajstić information content (AvgIpc) is 3.23. The largest absolute Gasteiger partial charge is 0.443 e. The van der Waals surface area contributed by atoms with Gasteiger partial charge in [0.2, 0.25) is 0 Å². The van der Waals surface area contributed by atoms with Gasteiger partial charge < -0.3 is 15.0 Å². The number of hydrogen-bond donors (Lipinski definition) is 3. The van der Waals surface area contributed by atoms with Crippen molar-refractivity contribution in [1.29, 1.82) is 5.26 Å². The Labute approximate surface area is 217 Å². The van der Waals surface area contributed by atoms with Crippen LogP contribution < -0.4 is 10.6 Å². The first-order valence-electron chi connectivity index (χ1n) is 11.6. The number of amides is 1. The minimum atomic E-state index is -0.832. The van der Waals surface area contributed by atoms with Crippen molar-refractivity contribution in [2.24, 2.45) is 0 Å². The molecule has 0 radical (unpaired) electrons. The molecule has 1 amide bonds. The number of aromatic amines is 1. The second kappa shape index (κ2) is 9.09. The molecular formula is C28H23ClF2N4O2. The Morgan fingerprint density at radius 1 is 1.19 bits per heavy atom. The van der Waals surface area contributed by atoms with Crippen molar-refractivity contribution in [3.63, 3.8) is 0 Å². The van der Waals surface area contributed by atoms with Gasteiger partial charge in [-0.05, 0) is 44.2 Å². The highest BCUT2D eigenvalue weighted by Gasteiger charge is 2.45. The number of nitriles is 1. The van der Waals surface area contributed by atoms with Crippen LogP contribution in [0.25, 0.3) is 22.0 Å². The summed E-state index contributed by atoms with van der Waals surface area (Å²) in [7, 11) is 0. The zero-order chi connectivity index (χ0) is 26.5. The van der Waals surface area contributed by atoms with Crippen LogP contribution in [-0.4, -0.2) is 22.7 Å². The zero-order valence-corrected chi connectivity index (χ0v) is 21.0. The summed E-state index contributed by atoms with van der Waals surface area (Å²) in [6.45, 7) is 5.35. The molecule has 4 aromatic rings. The Morgan fingerprint density at radius 3 is 2.62 bits per heavy atom. The molecule has 6 nitrogen and oxygen atoms in total. The number of carbonyl (C=O) groups is 1. The summed E-state index contributed by atoms with van der Waals surface area (Å²) >= 11 is 6.22. The maximum absolute atomic E-state index is 16.2. The van der Waals surface area contributed by atoms with Crippen LogP contribution in [0, 0.1) is 23.0 Å². The SMILES string of the molecule is C[C@H]1c2c(cc(F)c(-c3cccc4c(Cl)c[nH]c34)c2F)NC(C)(C)C1OC(=O)Nc1ccc(C#N)cc1. The predicted octanol–water partition coefficient (Wildman–Crippen LogP) is 7.56. The summed E-state index contributed by atoms with van der Waals surface area (Å²) in [6.07, 6.45) is 0.0582. The van der Waals surface area contributed by atoms with Crippen molar-refractivity contribution in [2.75, 3.05) is 10.6 Å². The number of fused-ring (bicyclic) bond motifs is 2. The number of rotatable bonds is 3. The summed E-state index contributed by atoms with van der Waals surface area (Å²) < 4.78 is 37.3. The van der Waals surface area contributed by atoms with Gasteiger partial charge in [0.1, 0.15) is 17.7 Å². The number of para-hydroxylation sites is 1. The summed E-state index contributed by atoms with van der Waals surface area (Å²) in [5.74, 6) is -2.06. The molecule has 0 saturated carbocycles. The minimum Gasteiger partial charge on any atom is -0.443 e. The van der Waals surface area contributed by atoms with Crippen molar-refractivity contribution in [3.8, 4) is 17.2 Å². The van der Waals surface area contributed by atoms with Gasteiger partial charge in [0.25, 0.3) is 0 Å². The normalized spacial score (nSPS) is 18.0. The molecule has 188 valence electrons. The maximum Gasteiger partial charge on any atom is 0.411 e. The highest BCUT2D eigenvalue weighted by atomic mass is 35.5. The number of halogens is 3. The van der Waals surface area contributed by atoms with Gasteiger partial charge in [-0.1, -0.05) is 36.7 Å². The van der Waals surface area contributed by atoms with Gasteiger partial charge in [0.05, 0.1) is 33.3 Å². The third-order valence-corrected chi connectivity index (χ3v) is 7.08. The van der Waals surface area contributed by atoms with Crippen molar-refractivity contribution in [1.82, 2.24) is 4.98 Å². The minimum absolute atomic E-state index is 0.183. The van der Waals surface area contributed by atoms with E-state index in [0.29, 0.717) is 38.4 Å². The van der Waals surface area contributed by atoms with E-state index in [1.165, 1.54) is 6.07 Å². The number of nitrogens with one attached hydrogen (secondary N) is 3. The van der Waals surface area contributed by atoms with Crippen LogP contribution in [0.3, 0.4) is 0 Å². The quantitative estimate of drug-likeness (QED) is 0.260. The van der Waals surface area contributed by atoms with Crippen LogP contribution in [0.5, 0.6) is 0 Å². The molecule has 0 spiro atoms. The molecule has 0 fully saturated rings. The number of H-pyrrole nitrogens is 1. The molecule has 1 unspecified atom stereocenters. The van der Waals surface area contributed by atoms with Gasteiger partial charge in [-0.25, -0.2) is 13.6 Å². The highest BCUT2D eigenvalue weighted by Crippen LogP contribution is 2.46. The first-order valence-corrected chi connectivity index (χ1v) is 12.0. The first-order chi connectivity index (χ1) is 17.6. The van der Waals surface area contributed by atoms with E-state index in [1.807, 2.05) is 6.07 Å². The third-order valence-electron chi connectivity index (χ3n) is 6.76. The fourth-order valence-electron chi connectivity index (χ4n) is 5.09. The molecule has 1 aromatic heterocycles. The lowest BCUT2D eigenvalue weighted by atomic mass is 9.77. The number of ether oxygens (including phenoxy) is 1. The van der Waals surface area contributed by atoms with Crippen molar-refractivity contribution >= 4 is 40.0 Å². The molecule has 9 heteroatoms. The molecule has 1 aliphatic heterocycles. The van der Waals surface area contributed by atoms with E-state index in [0.717, 1.165) is 0 Å². The van der Waals surface area contributed by atoms with Crippen molar-refractivity contribution < 1.29 is 18.3 Å². The van der Waals surface area contributed by atoms with Crippen LogP contribution in [0.2, 0.25) is 5.02 Å². The lowest BCUT2D eigenvalue weighted by Crippen LogP contribution is -2.52. The second-order valence-corrected chi connectivity index (χ2v) is 10.1. The fraction of sp³-hybridized carbons (Fsp3) is 0.214. The topological polar surface area (TPSA) is 89.9 Å². The predicted molar refractivity (Wildman–Crippen MR) is 140 cm³/mol. The summed E-state index contributed by atoms with van der Waals surface area (Å²) in [5.41, 5.74) is 1.29. The van der Waals surface area contributed by atoms with Gasteiger partial charge in [-0.3, -0.25) is 5.32 Å². The molecule has 1 aliphatic rings. The Kier molecular flexibility index (Phi) is 6.04. The molecule has 3 N–H and O–H groups in total. The Balaban J connectivity index is 1.51. The Morgan fingerprint density at radius 2 is 1.92 bits per heavy atom. The molecule has 0 bridgehead atoms. The summed E-state index contributed by atoms with van der Waals surface area (Å²) in [5, 5.41) is 15.8. The Hall–Kier alpha value is -4.09. The summed E-state index contributed by atoms with van der Waals surface area (Å²) in [6, 6.07) is 14.7. The van der Waals surface area contributed by atoms with E-state index in [2.05, 4.69) is 15.6 Å². The lowest BCUT2D eigenvalue weighted by molar-refractivity contribution is 0.0561. The van der Waals surface area contributed by atoms with E-state index < -0.39 is 35.3 Å². The van der Waals surface area contributed by atoms with Crippen LogP contribution >= 0.6 is 11.6 Å². The van der Waals surface area contributed by atoms with Crippen LogP contribution in [0.15, 0.2) is 54.7 Å². The number of aromatic nitrogens is 1. The number of hydrogen-bond acceptors (Lipinski definition) is 4. The smallest absolute Gasteiger partial charge is 0.411 e. The molecule has 5 rings (SSSR count). The average molecular weight is 521 g/mol. The van der Waals surface area contributed by atoms with Gasteiger partial charge in [0.15, 0.2) is 0 Å². The molecular weight excluding hydrogens is 498 g/mol. The van der Waals surface area contributed by atoms with Crippen LogP contribution in [0.1, 0.15) is 37.8 Å². The standard InChI is InChI=1S/C28H23ClF2N4O2/c1-14-22-21(11-20(30)23(24(22)31)18-6-4-5-17-19(29)13-33-25(17)18)35-28(2,3)26(14)37-27(36)34-16-9-7-15(12-32)8-10-16/h4-11,13-14,26,33,35H,1-3H3,(H,34,36)/t14-,26?/m0/s1. The first kappa shape index (κ1) is 24.6. The zero-order valence-electron chi connectivity index (χ0n) is 20.2. The van der Waals surface area contributed by atoms with Gasteiger partial charge in [-0.15, -0.1) is 0 Å². The monoisotopic (exact) mass is 520 g/mol. The van der Waals surface area contributed by atoms with E-state index in [9.17, 15) is 4.79 Å². The number of nitrogens with zero attached hydrogens (tertiary/aromatic N) is 1. The maximum atomic E-state index is 16.2. The van der Waals surface area contributed by atoms with Gasteiger partial charge >= 0.3 is 6.09 Å². The van der Waals surface area contributed by atoms with Crippen LogP contribution in [0.4, 0.5) is 25.0 Å². The number of anilines is 2. The van der Waals surface area contributed by atoms with Crippen molar-refractivity contribution in [3.05, 3.63) is 82.5 Å². The summed E-state index contributed by atoms with van der Waals surface area (Å²) in [4.78, 5) is 15.8. The van der Waals surface area contributed by atoms with Gasteiger partial charge in [0, 0.05) is 40.0 Å². The Bertz CT molecular complexity index is 1570. The molecule has 0 saturated heterocycles. The molecule has 0 aliphatic carbocycles. The number of carbonyl (C=O) groups excluding carboxylic acids is 1. The highest BCUT2D eigenvalue weighted by molar-refractivity contribution is 6.36. The van der Waals surface area contributed by atoms with Crippen LogP contribution in [-0.2, 0) is 4.74 Å². The van der Waals surface area contributed by atoms with E-state index >= 15 is 8.78 Å². The third kappa shape index (κ3) is 4.25. The molecule has 37 heavy (non-hydrogen) atoms. The second-order valence-electron chi connectivity index (χ2n) is 9.65.